The molecule has 0 aromatic carbocycles. The number of carbonyl (C=O) groups is 1. The smallest absolute Gasteiger partial charge is 0.237 e. The van der Waals surface area contributed by atoms with E-state index in [4.69, 9.17) is 18.0 Å². The monoisotopic (exact) mass is 245 g/mol. The number of nitrogens with two attached hydrogens (primary N) is 1. The van der Waals surface area contributed by atoms with Crippen molar-refractivity contribution in [1.29, 1.82) is 0 Å². The third-order valence-corrected chi connectivity index (χ3v) is 3.18. The van der Waals surface area contributed by atoms with Crippen molar-refractivity contribution in [2.45, 2.75) is 45.7 Å². The van der Waals surface area contributed by atoms with Crippen LogP contribution in [-0.2, 0) is 4.79 Å². The van der Waals surface area contributed by atoms with Gasteiger partial charge < -0.3 is 11.1 Å². The summed E-state index contributed by atoms with van der Waals surface area (Å²) in [6, 6.07) is -0.282. The molecular formula is C11H23N3OS. The maximum absolute atomic E-state index is 11.7. The highest BCUT2D eigenvalue weighted by molar-refractivity contribution is 7.80. The first-order chi connectivity index (χ1) is 7.41. The van der Waals surface area contributed by atoms with E-state index in [0.29, 0.717) is 4.99 Å². The summed E-state index contributed by atoms with van der Waals surface area (Å²) in [5.41, 5.74) is 5.55. The highest BCUT2D eigenvalue weighted by Crippen LogP contribution is 2.03. The number of thiocarbonyl (C=S) groups is 1. The molecule has 16 heavy (non-hydrogen) atoms. The predicted molar refractivity (Wildman–Crippen MR) is 71.4 cm³/mol. The zero-order chi connectivity index (χ0) is 12.7. The van der Waals surface area contributed by atoms with E-state index in [2.05, 4.69) is 12.2 Å². The Morgan fingerprint density at radius 3 is 2.44 bits per heavy atom. The summed E-state index contributed by atoms with van der Waals surface area (Å²) >= 11 is 4.91. The Morgan fingerprint density at radius 2 is 2.00 bits per heavy atom. The first-order valence-electron chi connectivity index (χ1n) is 5.70. The van der Waals surface area contributed by atoms with Crippen molar-refractivity contribution in [3.05, 3.63) is 0 Å². The van der Waals surface area contributed by atoms with Gasteiger partial charge in [-0.3, -0.25) is 9.69 Å². The van der Waals surface area contributed by atoms with Gasteiger partial charge in [0, 0.05) is 6.54 Å². The molecule has 5 heteroatoms. The molecule has 0 fully saturated rings. The van der Waals surface area contributed by atoms with Crippen LogP contribution in [0.15, 0.2) is 0 Å². The van der Waals surface area contributed by atoms with Crippen molar-refractivity contribution in [1.82, 2.24) is 10.2 Å². The van der Waals surface area contributed by atoms with E-state index in [1.54, 1.807) is 0 Å². The minimum absolute atomic E-state index is 0.0269. The van der Waals surface area contributed by atoms with Gasteiger partial charge in [-0.1, -0.05) is 25.6 Å². The molecule has 0 aromatic heterocycles. The van der Waals surface area contributed by atoms with Gasteiger partial charge in [-0.2, -0.15) is 0 Å². The molecule has 4 nitrogen and oxygen atoms in total. The van der Waals surface area contributed by atoms with E-state index in [9.17, 15) is 4.79 Å². The minimum Gasteiger partial charge on any atom is -0.392 e. The number of unbranched alkanes of at least 4 members (excludes halogenated alkanes) is 1. The highest BCUT2D eigenvalue weighted by Gasteiger charge is 2.22. The van der Waals surface area contributed by atoms with Crippen molar-refractivity contribution in [3.8, 4) is 0 Å². The van der Waals surface area contributed by atoms with Crippen molar-refractivity contribution >= 4 is 23.1 Å². The van der Waals surface area contributed by atoms with E-state index in [1.165, 1.54) is 0 Å². The molecule has 0 rings (SSSR count). The third-order valence-electron chi connectivity index (χ3n) is 2.84. The zero-order valence-corrected chi connectivity index (χ0v) is 11.4. The van der Waals surface area contributed by atoms with Gasteiger partial charge in [-0.05, 0) is 27.3 Å². The Bertz CT molecular complexity index is 245. The van der Waals surface area contributed by atoms with Crippen molar-refractivity contribution in [2.24, 2.45) is 5.73 Å². The summed E-state index contributed by atoms with van der Waals surface area (Å²) < 4.78 is 0. The van der Waals surface area contributed by atoms with E-state index >= 15 is 0 Å². The molecule has 0 aromatic rings. The lowest BCUT2D eigenvalue weighted by Crippen LogP contribution is -2.50. The number of amides is 1. The van der Waals surface area contributed by atoms with Crippen LogP contribution < -0.4 is 11.1 Å². The van der Waals surface area contributed by atoms with Gasteiger partial charge in [0.1, 0.15) is 0 Å². The molecule has 0 saturated heterocycles. The second-order valence-corrected chi connectivity index (χ2v) is 4.54. The van der Waals surface area contributed by atoms with E-state index in [-0.39, 0.29) is 18.0 Å². The van der Waals surface area contributed by atoms with E-state index < -0.39 is 0 Å². The lowest BCUT2D eigenvalue weighted by molar-refractivity contribution is -0.125. The summed E-state index contributed by atoms with van der Waals surface area (Å²) in [6.45, 7) is 6.58. The van der Waals surface area contributed by atoms with Gasteiger partial charge >= 0.3 is 0 Å². The Hall–Kier alpha value is -0.680. The largest absolute Gasteiger partial charge is 0.392 e. The fourth-order valence-corrected chi connectivity index (χ4v) is 1.42. The normalized spacial score (nSPS) is 14.6. The molecule has 0 aliphatic rings. The molecule has 0 radical (unpaired) electrons. The van der Waals surface area contributed by atoms with Crippen LogP contribution in [0.5, 0.6) is 0 Å². The molecule has 2 unspecified atom stereocenters. The van der Waals surface area contributed by atoms with Crippen LogP contribution in [-0.4, -0.2) is 41.5 Å². The summed E-state index contributed by atoms with van der Waals surface area (Å²) in [6.07, 6.45) is 2.08. The van der Waals surface area contributed by atoms with Crippen LogP contribution in [0.2, 0.25) is 0 Å². The fourth-order valence-electron chi connectivity index (χ4n) is 1.26. The Labute approximate surface area is 104 Å². The molecule has 94 valence electrons. The van der Waals surface area contributed by atoms with Gasteiger partial charge in [0.05, 0.1) is 17.1 Å². The maximum atomic E-state index is 11.7. The molecule has 0 aliphatic carbocycles. The molecule has 3 N–H and O–H groups in total. The van der Waals surface area contributed by atoms with Crippen LogP contribution in [0, 0.1) is 0 Å². The molecule has 1 amide bonds. The van der Waals surface area contributed by atoms with Gasteiger partial charge in [0.15, 0.2) is 0 Å². The number of rotatable bonds is 7. The van der Waals surface area contributed by atoms with Gasteiger partial charge in [-0.15, -0.1) is 0 Å². The Morgan fingerprint density at radius 1 is 1.44 bits per heavy atom. The van der Waals surface area contributed by atoms with E-state index in [0.717, 1.165) is 19.4 Å². The van der Waals surface area contributed by atoms with Crippen LogP contribution >= 0.6 is 12.2 Å². The van der Waals surface area contributed by atoms with Crippen molar-refractivity contribution in [3.63, 3.8) is 0 Å². The van der Waals surface area contributed by atoms with E-state index in [1.807, 2.05) is 25.8 Å². The number of nitrogens with zero attached hydrogens (tertiary/aromatic N) is 1. The third kappa shape index (κ3) is 4.90. The van der Waals surface area contributed by atoms with Gasteiger partial charge in [0.2, 0.25) is 5.91 Å². The number of hydrogen-bond donors (Lipinski definition) is 2. The van der Waals surface area contributed by atoms with Crippen molar-refractivity contribution in [2.75, 3.05) is 13.6 Å². The molecule has 0 aliphatic heterocycles. The fraction of sp³-hybridized carbons (Fsp3) is 0.818. The summed E-state index contributed by atoms with van der Waals surface area (Å²) in [5, 5.41) is 2.89. The average Bonchev–Trinajstić information content (AvgIpc) is 2.26. The van der Waals surface area contributed by atoms with Crippen LogP contribution in [0.4, 0.5) is 0 Å². The number of nitrogens with one attached hydrogen (secondary N) is 1. The number of hydrogen-bond acceptors (Lipinski definition) is 3. The van der Waals surface area contributed by atoms with Gasteiger partial charge in [-0.25, -0.2) is 0 Å². The van der Waals surface area contributed by atoms with Crippen LogP contribution in [0.3, 0.4) is 0 Å². The molecule has 0 bridgehead atoms. The minimum atomic E-state index is -0.214. The molecule has 0 spiro atoms. The first-order valence-corrected chi connectivity index (χ1v) is 6.11. The lowest BCUT2D eigenvalue weighted by Gasteiger charge is -2.29. The van der Waals surface area contributed by atoms with Crippen molar-refractivity contribution < 1.29 is 4.79 Å². The first kappa shape index (κ1) is 15.3. The zero-order valence-electron chi connectivity index (χ0n) is 10.6. The maximum Gasteiger partial charge on any atom is 0.237 e. The lowest BCUT2D eigenvalue weighted by atomic mass is 10.2. The van der Waals surface area contributed by atoms with Gasteiger partial charge in [0.25, 0.3) is 0 Å². The second kappa shape index (κ2) is 7.57. The molecular weight excluding hydrogens is 222 g/mol. The SMILES string of the molecule is CCCCNC(=O)C(C)N(C)C(C)C(N)=S. The molecule has 0 saturated carbocycles. The second-order valence-electron chi connectivity index (χ2n) is 4.06. The number of likely N-dealkylation sites (N-methyl/N-ethyl adjacent to an activating group) is 1. The predicted octanol–water partition coefficient (Wildman–Crippen LogP) is 0.898. The highest BCUT2D eigenvalue weighted by atomic mass is 32.1. The summed E-state index contributed by atoms with van der Waals surface area (Å²) in [7, 11) is 1.86. The standard InChI is InChI=1S/C11H23N3OS/c1-5-6-7-13-11(15)9(3)14(4)8(2)10(12)16/h8-9H,5-7H2,1-4H3,(H2,12,16)(H,13,15). The quantitative estimate of drug-likeness (QED) is 0.517. The summed E-state index contributed by atoms with van der Waals surface area (Å²) in [5.74, 6) is 0.0269. The van der Waals surface area contributed by atoms with Crippen LogP contribution in [0.1, 0.15) is 33.6 Å². The van der Waals surface area contributed by atoms with Crippen LogP contribution in [0.25, 0.3) is 0 Å². The molecule has 0 heterocycles. The average molecular weight is 245 g/mol. The number of carbonyl (C=O) groups excluding carboxylic acids is 1. The topological polar surface area (TPSA) is 58.4 Å². The summed E-state index contributed by atoms with van der Waals surface area (Å²) in [4.78, 5) is 14.0. The molecule has 2 atom stereocenters. The Balaban J connectivity index is 4.15. The Kier molecular flexibility index (Phi) is 7.25.